The second-order valence-corrected chi connectivity index (χ2v) is 16.1. The van der Waals surface area contributed by atoms with E-state index in [1.807, 2.05) is 48.6 Å². The minimum atomic E-state index is -0.813. The number of unbranched alkanes of at least 4 members (excludes halogenated alkanes) is 18. The summed E-state index contributed by atoms with van der Waals surface area (Å²) in [6.45, 7) is 6.30. The molecular weight excluding hydrogens is 769 g/mol. The average Bonchev–Trinajstić information content (AvgIpc) is 3.27. The molecule has 1 unspecified atom stereocenters. The highest BCUT2D eigenvalue weighted by Gasteiger charge is 2.19. The van der Waals surface area contributed by atoms with Gasteiger partial charge in [-0.15, -0.1) is 0 Å². The summed E-state index contributed by atoms with van der Waals surface area (Å²) in [7, 11) is 0. The number of allylic oxidation sites excluding steroid dienone is 18. The summed E-state index contributed by atoms with van der Waals surface area (Å²) in [5.74, 6) is -0.987. The lowest BCUT2D eigenvalue weighted by atomic mass is 10.1. The maximum atomic E-state index is 12.8. The van der Waals surface area contributed by atoms with E-state index >= 15 is 0 Å². The molecule has 0 N–H and O–H groups in total. The van der Waals surface area contributed by atoms with Crippen molar-refractivity contribution < 1.29 is 28.6 Å². The highest BCUT2D eigenvalue weighted by Crippen LogP contribution is 2.13. The minimum absolute atomic E-state index is 0.109. The third-order valence-electron chi connectivity index (χ3n) is 10.1. The van der Waals surface area contributed by atoms with E-state index in [1.165, 1.54) is 51.4 Å². The van der Waals surface area contributed by atoms with Gasteiger partial charge in [0, 0.05) is 19.3 Å². The predicted molar refractivity (Wildman–Crippen MR) is 265 cm³/mol. The highest BCUT2D eigenvalue weighted by atomic mass is 16.6. The molecule has 350 valence electrons. The van der Waals surface area contributed by atoms with Crippen LogP contribution in [0, 0.1) is 0 Å². The Morgan fingerprint density at radius 3 is 1.21 bits per heavy atom. The van der Waals surface area contributed by atoms with Crippen LogP contribution in [-0.4, -0.2) is 37.2 Å². The number of esters is 3. The maximum Gasteiger partial charge on any atom is 0.306 e. The average molecular weight is 859 g/mol. The van der Waals surface area contributed by atoms with Gasteiger partial charge in [-0.2, -0.15) is 0 Å². The second-order valence-electron chi connectivity index (χ2n) is 16.1. The molecule has 0 spiro atoms. The molecular formula is C56H90O6. The molecule has 0 heterocycles. The number of carbonyl (C=O) groups is 3. The van der Waals surface area contributed by atoms with Gasteiger partial charge >= 0.3 is 17.9 Å². The molecule has 0 amide bonds. The van der Waals surface area contributed by atoms with Gasteiger partial charge in [0.2, 0.25) is 0 Å². The van der Waals surface area contributed by atoms with Crippen molar-refractivity contribution in [3.05, 3.63) is 109 Å². The molecule has 0 aliphatic rings. The molecule has 0 radical (unpaired) electrons. The van der Waals surface area contributed by atoms with Crippen molar-refractivity contribution in [3.63, 3.8) is 0 Å². The summed E-state index contributed by atoms with van der Waals surface area (Å²) < 4.78 is 16.7. The molecule has 0 fully saturated rings. The molecule has 1 atom stereocenters. The van der Waals surface area contributed by atoms with Crippen molar-refractivity contribution in [3.8, 4) is 0 Å². The van der Waals surface area contributed by atoms with Crippen LogP contribution in [0.15, 0.2) is 109 Å². The number of ether oxygens (including phenoxy) is 3. The molecule has 0 aliphatic heterocycles. The first kappa shape index (κ1) is 58.1. The molecule has 6 nitrogen and oxygen atoms in total. The Kier molecular flexibility index (Phi) is 46.6. The topological polar surface area (TPSA) is 78.9 Å². The number of carbonyl (C=O) groups excluding carboxylic acids is 3. The Morgan fingerprint density at radius 1 is 0.355 bits per heavy atom. The minimum Gasteiger partial charge on any atom is -0.462 e. The van der Waals surface area contributed by atoms with Crippen LogP contribution in [0.4, 0.5) is 0 Å². The van der Waals surface area contributed by atoms with Gasteiger partial charge in [-0.25, -0.2) is 0 Å². The van der Waals surface area contributed by atoms with Crippen LogP contribution in [0.1, 0.15) is 207 Å². The molecule has 62 heavy (non-hydrogen) atoms. The lowest BCUT2D eigenvalue weighted by molar-refractivity contribution is -0.167. The van der Waals surface area contributed by atoms with Crippen molar-refractivity contribution in [2.75, 3.05) is 13.2 Å². The van der Waals surface area contributed by atoms with Gasteiger partial charge in [-0.1, -0.05) is 201 Å². The van der Waals surface area contributed by atoms with Crippen molar-refractivity contribution in [1.29, 1.82) is 0 Å². The van der Waals surface area contributed by atoms with Crippen LogP contribution < -0.4 is 0 Å². The Labute approximate surface area is 380 Å². The van der Waals surface area contributed by atoms with Crippen molar-refractivity contribution in [2.24, 2.45) is 0 Å². The number of rotatable bonds is 43. The molecule has 0 saturated carbocycles. The number of hydrogen-bond donors (Lipinski definition) is 0. The largest absolute Gasteiger partial charge is 0.462 e. The van der Waals surface area contributed by atoms with E-state index in [0.717, 1.165) is 109 Å². The number of hydrogen-bond acceptors (Lipinski definition) is 6. The van der Waals surface area contributed by atoms with Gasteiger partial charge < -0.3 is 14.2 Å². The van der Waals surface area contributed by atoms with Crippen LogP contribution in [0.2, 0.25) is 0 Å². The third-order valence-corrected chi connectivity index (χ3v) is 10.1. The van der Waals surface area contributed by atoms with Gasteiger partial charge in [-0.05, 0) is 96.3 Å². The van der Waals surface area contributed by atoms with E-state index in [0.29, 0.717) is 19.3 Å². The van der Waals surface area contributed by atoms with E-state index in [4.69, 9.17) is 14.2 Å². The lowest BCUT2D eigenvalue weighted by Gasteiger charge is -2.18. The zero-order chi connectivity index (χ0) is 45.1. The fourth-order valence-electron chi connectivity index (χ4n) is 6.41. The molecule has 0 aliphatic carbocycles. The standard InChI is InChI=1S/C56H90O6/c1-4-7-10-13-16-19-22-25-27-29-31-34-37-40-43-46-49-55(58)61-52-53(51-60-54(57)48-45-42-39-36-33-30-24-21-18-15-12-9-6-3)62-56(59)50-47-44-41-38-35-32-28-26-23-20-17-14-11-8-5-2/h7-8,10-11,14,16-17,19-20,23,25-28,30,32-33,35,53H,4-6,9,12-13,15,18,21-22,24,29,31,34,36-52H2,1-3H3/b10-7-,11-8-,17-14-,19-16-,23-20-,27-25-,28-26-,33-30-,35-32-. The predicted octanol–water partition coefficient (Wildman–Crippen LogP) is 16.4. The van der Waals surface area contributed by atoms with E-state index in [2.05, 4.69) is 81.5 Å². The first-order valence-corrected chi connectivity index (χ1v) is 25.0. The van der Waals surface area contributed by atoms with Crippen LogP contribution in [0.3, 0.4) is 0 Å². The monoisotopic (exact) mass is 859 g/mol. The highest BCUT2D eigenvalue weighted by molar-refractivity contribution is 5.71. The Balaban J connectivity index is 4.53. The molecule has 0 bridgehead atoms. The van der Waals surface area contributed by atoms with Gasteiger partial charge in [0.15, 0.2) is 6.10 Å². The SMILES string of the molecule is CC\C=C/C=C\C=C/C=C\C=C/CCCCCC(=O)OC(COC(=O)CCCCC/C=C\CCCCCCCC)COC(=O)CCCCCCCC/C=C\C/C=C\C/C=C\CC. The summed E-state index contributed by atoms with van der Waals surface area (Å²) in [5.41, 5.74) is 0. The van der Waals surface area contributed by atoms with Crippen LogP contribution >= 0.6 is 0 Å². The Bertz CT molecular complexity index is 1310. The molecule has 0 rings (SSSR count). The van der Waals surface area contributed by atoms with Crippen molar-refractivity contribution in [1.82, 2.24) is 0 Å². The summed E-state index contributed by atoms with van der Waals surface area (Å²) in [6.07, 6.45) is 66.4. The second kappa shape index (κ2) is 49.7. The molecule has 0 saturated heterocycles. The normalized spacial score (nSPS) is 13.0. The van der Waals surface area contributed by atoms with Gasteiger partial charge in [0.05, 0.1) is 0 Å². The van der Waals surface area contributed by atoms with Crippen LogP contribution in [0.5, 0.6) is 0 Å². The zero-order valence-corrected chi connectivity index (χ0v) is 39.8. The van der Waals surface area contributed by atoms with Crippen LogP contribution in [0.25, 0.3) is 0 Å². The van der Waals surface area contributed by atoms with Crippen molar-refractivity contribution >= 4 is 17.9 Å². The van der Waals surface area contributed by atoms with Gasteiger partial charge in [0.25, 0.3) is 0 Å². The van der Waals surface area contributed by atoms with E-state index in [9.17, 15) is 14.4 Å². The molecule has 0 aromatic heterocycles. The quantitative estimate of drug-likeness (QED) is 0.0200. The fraction of sp³-hybridized carbons (Fsp3) is 0.625. The Morgan fingerprint density at radius 2 is 0.710 bits per heavy atom. The summed E-state index contributed by atoms with van der Waals surface area (Å²) in [6, 6.07) is 0. The Hall–Kier alpha value is -3.93. The van der Waals surface area contributed by atoms with E-state index < -0.39 is 6.10 Å². The van der Waals surface area contributed by atoms with E-state index in [1.54, 1.807) is 0 Å². The first-order valence-electron chi connectivity index (χ1n) is 25.0. The van der Waals surface area contributed by atoms with E-state index in [-0.39, 0.29) is 37.5 Å². The van der Waals surface area contributed by atoms with Gasteiger partial charge in [0.1, 0.15) is 13.2 Å². The molecule has 0 aromatic rings. The lowest BCUT2D eigenvalue weighted by Crippen LogP contribution is -2.30. The summed E-state index contributed by atoms with van der Waals surface area (Å²) in [4.78, 5) is 37.9. The molecule has 0 aromatic carbocycles. The van der Waals surface area contributed by atoms with Crippen LogP contribution in [-0.2, 0) is 28.6 Å². The van der Waals surface area contributed by atoms with Gasteiger partial charge in [-0.3, -0.25) is 14.4 Å². The smallest absolute Gasteiger partial charge is 0.306 e. The summed E-state index contributed by atoms with van der Waals surface area (Å²) >= 11 is 0. The third kappa shape index (κ3) is 47.1. The zero-order valence-electron chi connectivity index (χ0n) is 39.8. The maximum absolute atomic E-state index is 12.8. The first-order chi connectivity index (χ1) is 30.5. The molecule has 6 heteroatoms. The summed E-state index contributed by atoms with van der Waals surface area (Å²) in [5, 5.41) is 0. The fourth-order valence-corrected chi connectivity index (χ4v) is 6.41. The van der Waals surface area contributed by atoms with Crippen molar-refractivity contribution in [2.45, 2.75) is 213 Å².